The zero-order valence-corrected chi connectivity index (χ0v) is 19.5. The van der Waals surface area contributed by atoms with E-state index >= 15 is 13.2 Å². The van der Waals surface area contributed by atoms with Crippen molar-refractivity contribution in [1.82, 2.24) is 0 Å². The molecule has 0 radical (unpaired) electrons. The molecule has 3 aromatic carbocycles. The summed E-state index contributed by atoms with van der Waals surface area (Å²) >= 11 is 1.21. The second-order valence-corrected chi connectivity index (χ2v) is 9.83. The minimum atomic E-state index is -1.43. The molecule has 184 valence electrons. The van der Waals surface area contributed by atoms with Crippen molar-refractivity contribution in [2.75, 3.05) is 16.6 Å². The number of aryl methyl sites for hydroxylation is 1. The Hall–Kier alpha value is -3.24. The zero-order valence-electron chi connectivity index (χ0n) is 18.7. The highest BCUT2D eigenvalue weighted by Crippen LogP contribution is 2.48. The van der Waals surface area contributed by atoms with Gasteiger partial charge in [-0.1, -0.05) is 18.2 Å². The molecule has 1 saturated carbocycles. The Morgan fingerprint density at radius 3 is 2.40 bits per heavy atom. The average molecular weight is 506 g/mol. The molecule has 3 aromatic rings. The maximum atomic E-state index is 15.1. The predicted octanol–water partition coefficient (Wildman–Crippen LogP) is 5.57. The van der Waals surface area contributed by atoms with Crippen molar-refractivity contribution in [3.05, 3.63) is 88.0 Å². The van der Waals surface area contributed by atoms with Gasteiger partial charge >= 0.3 is 0 Å². The van der Waals surface area contributed by atoms with E-state index in [0.29, 0.717) is 5.56 Å². The summed E-state index contributed by atoms with van der Waals surface area (Å²) in [5, 5.41) is 11.8. The summed E-state index contributed by atoms with van der Waals surface area (Å²) in [4.78, 5) is 12.0. The van der Waals surface area contributed by atoms with Crippen LogP contribution >= 0.6 is 11.9 Å². The van der Waals surface area contributed by atoms with E-state index in [9.17, 15) is 14.3 Å². The topological polar surface area (TPSA) is 87.4 Å². The summed E-state index contributed by atoms with van der Waals surface area (Å²) in [6.07, 6.45) is 1.24. The van der Waals surface area contributed by atoms with E-state index < -0.39 is 40.4 Å². The Labute approximate surface area is 203 Å². The number of halogens is 4. The first kappa shape index (κ1) is 24.9. The van der Waals surface area contributed by atoms with E-state index in [1.165, 1.54) is 36.2 Å². The van der Waals surface area contributed by atoms with Crippen LogP contribution in [-0.2, 0) is 6.42 Å². The Kier molecular flexibility index (Phi) is 6.95. The number of benzene rings is 3. The number of anilines is 3. The molecule has 0 heterocycles. The molecule has 5 N–H and O–H groups in total. The van der Waals surface area contributed by atoms with Crippen molar-refractivity contribution in [2.24, 2.45) is 5.73 Å². The van der Waals surface area contributed by atoms with Gasteiger partial charge < -0.3 is 20.9 Å². The number of rotatable bonds is 9. The van der Waals surface area contributed by atoms with Gasteiger partial charge in [-0.25, -0.2) is 17.6 Å². The van der Waals surface area contributed by atoms with Crippen molar-refractivity contribution in [1.29, 1.82) is 0 Å². The second kappa shape index (κ2) is 9.79. The number of aliphatic hydroxyl groups is 1. The molecule has 1 amide bonds. The third-order valence-electron chi connectivity index (χ3n) is 5.86. The average Bonchev–Trinajstić information content (AvgIpc) is 3.60. The van der Waals surface area contributed by atoms with E-state index in [0.717, 1.165) is 18.9 Å². The summed E-state index contributed by atoms with van der Waals surface area (Å²) in [6.45, 7) is 1.62. The number of aliphatic hydroxyl groups excluding tert-OH is 1. The molecule has 0 bridgehead atoms. The molecule has 0 aromatic heterocycles. The van der Waals surface area contributed by atoms with E-state index in [1.807, 2.05) is 0 Å². The zero-order chi connectivity index (χ0) is 25.3. The quantitative estimate of drug-likeness (QED) is 0.226. The molecular weight excluding hydrogens is 482 g/mol. The van der Waals surface area contributed by atoms with E-state index in [4.69, 9.17) is 5.73 Å². The van der Waals surface area contributed by atoms with Crippen LogP contribution in [0.1, 0.15) is 39.9 Å². The fourth-order valence-electron chi connectivity index (χ4n) is 3.58. The van der Waals surface area contributed by atoms with Gasteiger partial charge in [0, 0.05) is 6.42 Å². The fraction of sp³-hybridized carbons (Fsp3) is 0.240. The van der Waals surface area contributed by atoms with Crippen LogP contribution in [0.25, 0.3) is 0 Å². The van der Waals surface area contributed by atoms with Crippen LogP contribution in [0.4, 0.5) is 34.6 Å². The maximum absolute atomic E-state index is 15.1. The molecule has 0 saturated heterocycles. The smallest absolute Gasteiger partial charge is 0.250 e. The van der Waals surface area contributed by atoms with Crippen LogP contribution in [0, 0.1) is 30.2 Å². The lowest BCUT2D eigenvalue weighted by molar-refractivity contribution is 0.100. The van der Waals surface area contributed by atoms with Gasteiger partial charge in [0.15, 0.2) is 17.5 Å². The standard InChI is InChI=1S/C25H23F4N3O2S/c1-13-5-6-18(17(26)9-13)31-23-16(24(30)34)11-15(21(28)22(23)29)10-14-3-2-4-19(20(14)27)32-35-25(12-33)7-8-25/h2-6,9,11,31-33H,7-8,10,12H2,1H3,(H2,30,34). The first-order valence-electron chi connectivity index (χ1n) is 10.8. The van der Waals surface area contributed by atoms with Gasteiger partial charge in [0.2, 0.25) is 0 Å². The van der Waals surface area contributed by atoms with Crippen LogP contribution in [0.3, 0.4) is 0 Å². The van der Waals surface area contributed by atoms with Gasteiger partial charge in [-0.15, -0.1) is 0 Å². The molecule has 5 nitrogen and oxygen atoms in total. The van der Waals surface area contributed by atoms with Gasteiger partial charge in [-0.2, -0.15) is 0 Å². The number of carbonyl (C=O) groups is 1. The number of carbonyl (C=O) groups excluding carboxylic acids is 1. The minimum Gasteiger partial charge on any atom is -0.395 e. The van der Waals surface area contributed by atoms with Crippen LogP contribution in [-0.4, -0.2) is 22.4 Å². The van der Waals surface area contributed by atoms with Gasteiger partial charge in [-0.05, 0) is 72.7 Å². The van der Waals surface area contributed by atoms with E-state index in [-0.39, 0.29) is 40.3 Å². The molecule has 10 heteroatoms. The highest BCUT2D eigenvalue weighted by Gasteiger charge is 2.43. The molecular formula is C25H23F4N3O2S. The highest BCUT2D eigenvalue weighted by atomic mass is 32.2. The fourth-order valence-corrected chi connectivity index (χ4v) is 4.43. The van der Waals surface area contributed by atoms with Crippen LogP contribution < -0.4 is 15.8 Å². The molecule has 1 fully saturated rings. The molecule has 35 heavy (non-hydrogen) atoms. The second-order valence-electron chi connectivity index (χ2n) is 8.56. The van der Waals surface area contributed by atoms with Crippen molar-refractivity contribution in [3.63, 3.8) is 0 Å². The summed E-state index contributed by atoms with van der Waals surface area (Å²) in [5.41, 5.74) is 4.75. The summed E-state index contributed by atoms with van der Waals surface area (Å²) in [6, 6.07) is 9.59. The molecule has 1 aliphatic rings. The number of amides is 1. The number of hydrogen-bond acceptors (Lipinski definition) is 5. The highest BCUT2D eigenvalue weighted by molar-refractivity contribution is 8.02. The van der Waals surface area contributed by atoms with Crippen LogP contribution in [0.2, 0.25) is 0 Å². The molecule has 0 aliphatic heterocycles. The van der Waals surface area contributed by atoms with Crippen LogP contribution in [0.15, 0.2) is 42.5 Å². The number of hydrogen-bond donors (Lipinski definition) is 4. The third-order valence-corrected chi connectivity index (χ3v) is 7.16. The monoisotopic (exact) mass is 505 g/mol. The molecule has 4 rings (SSSR count). The van der Waals surface area contributed by atoms with E-state index in [1.54, 1.807) is 19.1 Å². The maximum Gasteiger partial charge on any atom is 0.250 e. The van der Waals surface area contributed by atoms with Crippen molar-refractivity contribution >= 4 is 34.9 Å². The first-order valence-corrected chi connectivity index (χ1v) is 11.6. The first-order chi connectivity index (χ1) is 16.6. The van der Waals surface area contributed by atoms with Crippen LogP contribution in [0.5, 0.6) is 0 Å². The molecule has 0 atom stereocenters. The largest absolute Gasteiger partial charge is 0.395 e. The third kappa shape index (κ3) is 5.23. The number of nitrogens with one attached hydrogen (secondary N) is 2. The van der Waals surface area contributed by atoms with Gasteiger partial charge in [0.25, 0.3) is 5.91 Å². The minimum absolute atomic E-state index is 0.0424. The van der Waals surface area contributed by atoms with E-state index in [2.05, 4.69) is 10.0 Å². The van der Waals surface area contributed by atoms with Crippen molar-refractivity contribution < 1.29 is 27.5 Å². The normalized spacial score (nSPS) is 14.0. The van der Waals surface area contributed by atoms with Gasteiger partial charge in [0.1, 0.15) is 5.82 Å². The number of primary amides is 1. The Balaban J connectivity index is 1.65. The Morgan fingerprint density at radius 2 is 1.77 bits per heavy atom. The van der Waals surface area contributed by atoms with Crippen molar-refractivity contribution in [3.8, 4) is 0 Å². The van der Waals surface area contributed by atoms with Gasteiger partial charge in [0.05, 0.1) is 34.0 Å². The van der Waals surface area contributed by atoms with Crippen molar-refractivity contribution in [2.45, 2.75) is 30.9 Å². The SMILES string of the molecule is Cc1ccc(Nc2c(C(N)=O)cc(Cc3cccc(NSC4(CO)CC4)c3F)c(F)c2F)c(F)c1. The molecule has 0 unspecified atom stereocenters. The Bertz CT molecular complexity index is 1300. The summed E-state index contributed by atoms with van der Waals surface area (Å²) in [7, 11) is 0. The molecule has 0 spiro atoms. The summed E-state index contributed by atoms with van der Waals surface area (Å²) < 4.78 is 62.0. The van der Waals surface area contributed by atoms with Gasteiger partial charge in [-0.3, -0.25) is 4.79 Å². The molecule has 1 aliphatic carbocycles. The lowest BCUT2D eigenvalue weighted by Gasteiger charge is -2.17. The summed E-state index contributed by atoms with van der Waals surface area (Å²) in [5.74, 6) is -5.19. The lowest BCUT2D eigenvalue weighted by atomic mass is 9.99. The number of nitrogens with two attached hydrogens (primary N) is 1. The predicted molar refractivity (Wildman–Crippen MR) is 129 cm³/mol. The Morgan fingerprint density at radius 1 is 1.03 bits per heavy atom. The lowest BCUT2D eigenvalue weighted by Crippen LogP contribution is -2.17.